The standard InChI is InChI=1S/C8H10ClF5O3/c9-6(15)5-17-4-3-16-2-1-7(10,11)8(12,13)14/h1-5H2. The largest absolute Gasteiger partial charge is 0.453 e. The average Bonchev–Trinajstić information content (AvgIpc) is 2.13. The monoisotopic (exact) mass is 284 g/mol. The molecule has 0 spiro atoms. The molecule has 0 saturated carbocycles. The molecule has 0 aromatic carbocycles. The Hall–Kier alpha value is -0.470. The first-order valence-corrected chi connectivity index (χ1v) is 4.83. The van der Waals surface area contributed by atoms with Gasteiger partial charge in [-0.1, -0.05) is 0 Å². The van der Waals surface area contributed by atoms with Crippen LogP contribution in [-0.4, -0.2) is 43.8 Å². The molecule has 0 atom stereocenters. The second-order valence-electron chi connectivity index (χ2n) is 2.97. The van der Waals surface area contributed by atoms with Gasteiger partial charge in [0, 0.05) is 6.42 Å². The Morgan fingerprint density at radius 3 is 2.00 bits per heavy atom. The summed E-state index contributed by atoms with van der Waals surface area (Å²) < 4.78 is 68.7. The van der Waals surface area contributed by atoms with Crippen molar-refractivity contribution in [1.82, 2.24) is 0 Å². The Morgan fingerprint density at radius 1 is 1.00 bits per heavy atom. The summed E-state index contributed by atoms with van der Waals surface area (Å²) in [4.78, 5) is 10.1. The van der Waals surface area contributed by atoms with E-state index in [4.69, 9.17) is 11.6 Å². The van der Waals surface area contributed by atoms with Crippen LogP contribution in [0.25, 0.3) is 0 Å². The van der Waals surface area contributed by atoms with Gasteiger partial charge in [-0.15, -0.1) is 0 Å². The molecule has 0 aromatic rings. The summed E-state index contributed by atoms with van der Waals surface area (Å²) in [5.41, 5.74) is 0. The SMILES string of the molecule is O=C(Cl)COCCOCCC(F)(F)C(F)(F)F. The number of halogens is 6. The van der Waals surface area contributed by atoms with Crippen molar-refractivity contribution in [1.29, 1.82) is 0 Å². The van der Waals surface area contributed by atoms with E-state index in [1.807, 2.05) is 0 Å². The van der Waals surface area contributed by atoms with Crippen LogP contribution >= 0.6 is 11.6 Å². The molecule has 0 heterocycles. The third kappa shape index (κ3) is 7.45. The van der Waals surface area contributed by atoms with Crippen LogP contribution in [0.3, 0.4) is 0 Å². The number of hydrogen-bond donors (Lipinski definition) is 0. The summed E-state index contributed by atoms with van der Waals surface area (Å²) in [5, 5.41) is -0.742. The van der Waals surface area contributed by atoms with Gasteiger partial charge in [0.1, 0.15) is 6.61 Å². The Kier molecular flexibility index (Phi) is 6.88. The van der Waals surface area contributed by atoms with Gasteiger partial charge in [-0.3, -0.25) is 4.79 Å². The second kappa shape index (κ2) is 7.07. The van der Waals surface area contributed by atoms with Crippen LogP contribution in [0.1, 0.15) is 6.42 Å². The Bertz CT molecular complexity index is 244. The lowest BCUT2D eigenvalue weighted by atomic mass is 10.2. The maximum absolute atomic E-state index is 12.3. The van der Waals surface area contributed by atoms with Gasteiger partial charge in [-0.25, -0.2) is 0 Å². The first-order valence-electron chi connectivity index (χ1n) is 4.45. The van der Waals surface area contributed by atoms with Gasteiger partial charge in [0.25, 0.3) is 0 Å². The molecule has 0 aliphatic rings. The molecule has 0 saturated heterocycles. The summed E-state index contributed by atoms with van der Waals surface area (Å²) in [7, 11) is 0. The highest BCUT2D eigenvalue weighted by atomic mass is 35.5. The molecule has 102 valence electrons. The van der Waals surface area contributed by atoms with Gasteiger partial charge in [0.2, 0.25) is 5.24 Å². The molecule has 0 rings (SSSR count). The summed E-state index contributed by atoms with van der Waals surface area (Å²) in [5.74, 6) is -4.76. The van der Waals surface area contributed by atoms with Crippen molar-refractivity contribution >= 4 is 16.8 Å². The lowest BCUT2D eigenvalue weighted by molar-refractivity contribution is -0.287. The Labute approximate surface area is 98.8 Å². The molecule has 0 bridgehead atoms. The number of ether oxygens (including phenoxy) is 2. The zero-order valence-corrected chi connectivity index (χ0v) is 9.28. The number of hydrogen-bond acceptors (Lipinski definition) is 3. The Balaban J connectivity index is 3.55. The number of carbonyl (C=O) groups is 1. The molecule has 0 aromatic heterocycles. The van der Waals surface area contributed by atoms with Crippen molar-refractivity contribution in [3.05, 3.63) is 0 Å². The highest BCUT2D eigenvalue weighted by molar-refractivity contribution is 6.63. The van der Waals surface area contributed by atoms with E-state index >= 15 is 0 Å². The predicted octanol–water partition coefficient (Wildman–Crippen LogP) is 2.37. The fourth-order valence-electron chi connectivity index (χ4n) is 0.714. The molecule has 0 aliphatic heterocycles. The second-order valence-corrected chi connectivity index (χ2v) is 3.39. The maximum atomic E-state index is 12.3. The van der Waals surface area contributed by atoms with Crippen LogP contribution in [0.5, 0.6) is 0 Å². The summed E-state index contributed by atoms with van der Waals surface area (Å²) in [6, 6.07) is 0. The lowest BCUT2D eigenvalue weighted by Crippen LogP contribution is -2.37. The third-order valence-electron chi connectivity index (χ3n) is 1.56. The molecule has 0 N–H and O–H groups in total. The van der Waals surface area contributed by atoms with E-state index in [0.717, 1.165) is 0 Å². The van der Waals surface area contributed by atoms with Crippen LogP contribution in [0.15, 0.2) is 0 Å². The van der Waals surface area contributed by atoms with Crippen LogP contribution in [0.2, 0.25) is 0 Å². The summed E-state index contributed by atoms with van der Waals surface area (Å²) >= 11 is 4.90. The minimum absolute atomic E-state index is 0.115. The fourth-order valence-corrected chi connectivity index (χ4v) is 0.792. The van der Waals surface area contributed by atoms with Gasteiger partial charge < -0.3 is 9.47 Å². The molecule has 0 unspecified atom stereocenters. The quantitative estimate of drug-likeness (QED) is 0.390. The fraction of sp³-hybridized carbons (Fsp3) is 0.875. The number of alkyl halides is 5. The average molecular weight is 285 g/mol. The molecule has 0 radical (unpaired) electrons. The highest BCUT2D eigenvalue weighted by Gasteiger charge is 2.56. The van der Waals surface area contributed by atoms with E-state index in [2.05, 4.69) is 9.47 Å². The summed E-state index contributed by atoms with van der Waals surface area (Å²) in [6.45, 7) is -1.44. The molecule has 17 heavy (non-hydrogen) atoms. The molecule has 3 nitrogen and oxygen atoms in total. The van der Waals surface area contributed by atoms with Gasteiger partial charge in [-0.2, -0.15) is 22.0 Å². The smallest absolute Gasteiger partial charge is 0.379 e. The minimum Gasteiger partial charge on any atom is -0.379 e. The van der Waals surface area contributed by atoms with Gasteiger partial charge in [-0.05, 0) is 11.6 Å². The van der Waals surface area contributed by atoms with Crippen molar-refractivity contribution < 1.29 is 36.2 Å². The van der Waals surface area contributed by atoms with Gasteiger partial charge in [0.05, 0.1) is 19.8 Å². The molecular formula is C8H10ClF5O3. The molecule has 9 heteroatoms. The lowest BCUT2D eigenvalue weighted by Gasteiger charge is -2.19. The van der Waals surface area contributed by atoms with E-state index in [1.165, 1.54) is 0 Å². The molecule has 0 amide bonds. The first kappa shape index (κ1) is 16.5. The molecule has 0 fully saturated rings. The van der Waals surface area contributed by atoms with E-state index in [1.54, 1.807) is 0 Å². The summed E-state index contributed by atoms with van der Waals surface area (Å²) in [6.07, 6.45) is -7.02. The minimum atomic E-state index is -5.57. The zero-order chi connectivity index (χ0) is 13.5. The van der Waals surface area contributed by atoms with Crippen molar-refractivity contribution in [3.63, 3.8) is 0 Å². The predicted molar refractivity (Wildman–Crippen MR) is 48.1 cm³/mol. The van der Waals surface area contributed by atoms with Crippen molar-refractivity contribution in [2.75, 3.05) is 26.4 Å². The number of rotatable bonds is 8. The van der Waals surface area contributed by atoms with Crippen LogP contribution < -0.4 is 0 Å². The third-order valence-corrected chi connectivity index (χ3v) is 1.67. The first-order chi connectivity index (χ1) is 7.67. The molecular weight excluding hydrogens is 275 g/mol. The van der Waals surface area contributed by atoms with Crippen molar-refractivity contribution in [2.45, 2.75) is 18.5 Å². The van der Waals surface area contributed by atoms with Gasteiger partial charge >= 0.3 is 12.1 Å². The van der Waals surface area contributed by atoms with Gasteiger partial charge in [0.15, 0.2) is 0 Å². The van der Waals surface area contributed by atoms with Crippen LogP contribution in [0.4, 0.5) is 22.0 Å². The van der Waals surface area contributed by atoms with E-state index in [0.29, 0.717) is 0 Å². The van der Waals surface area contributed by atoms with Crippen molar-refractivity contribution in [2.24, 2.45) is 0 Å². The number of carbonyl (C=O) groups excluding carboxylic acids is 1. The van der Waals surface area contributed by atoms with E-state index in [-0.39, 0.29) is 19.8 Å². The van der Waals surface area contributed by atoms with E-state index in [9.17, 15) is 26.7 Å². The molecule has 0 aliphatic carbocycles. The Morgan fingerprint density at radius 2 is 1.53 bits per heavy atom. The van der Waals surface area contributed by atoms with E-state index < -0.39 is 30.4 Å². The maximum Gasteiger partial charge on any atom is 0.453 e. The zero-order valence-electron chi connectivity index (χ0n) is 8.53. The highest BCUT2D eigenvalue weighted by Crippen LogP contribution is 2.37. The van der Waals surface area contributed by atoms with Crippen LogP contribution in [0, 0.1) is 0 Å². The van der Waals surface area contributed by atoms with Crippen molar-refractivity contribution in [3.8, 4) is 0 Å². The normalized spacial score (nSPS) is 12.8. The van der Waals surface area contributed by atoms with Crippen LogP contribution in [-0.2, 0) is 14.3 Å². The topological polar surface area (TPSA) is 35.5 Å².